The van der Waals surface area contributed by atoms with E-state index < -0.39 is 43.0 Å². The van der Waals surface area contributed by atoms with Gasteiger partial charge in [-0.3, -0.25) is 19.2 Å². The van der Waals surface area contributed by atoms with Gasteiger partial charge in [-0.05, 0) is 86.5 Å². The first-order valence-electron chi connectivity index (χ1n) is 33.6. The predicted molar refractivity (Wildman–Crippen MR) is 370 cm³/mol. The summed E-state index contributed by atoms with van der Waals surface area (Å²) in [5.74, 6) is -1.03. The van der Waals surface area contributed by atoms with Crippen LogP contribution in [-0.4, -0.2) is 158 Å². The van der Waals surface area contributed by atoms with E-state index in [1.165, 1.54) is 69.8 Å². The van der Waals surface area contributed by atoms with Crippen LogP contribution in [0, 0.1) is 34.8 Å². The first-order valence-corrected chi connectivity index (χ1v) is 36.8. The molecule has 0 bridgehead atoms. The Morgan fingerprint density at radius 2 is 0.802 bits per heavy atom. The molecule has 21 heteroatoms. The molecule has 16 nitrogen and oxygen atoms in total. The summed E-state index contributed by atoms with van der Waals surface area (Å²) < 4.78 is 24.0. The van der Waals surface area contributed by atoms with Crippen LogP contribution in [-0.2, 0) is 47.7 Å². The number of carbonyl (C=O) groups excluding carboxylic acids is 6. The molecule has 6 unspecified atom stereocenters. The van der Waals surface area contributed by atoms with E-state index in [2.05, 4.69) is 113 Å². The number of nitrogens with one attached hydrogen (secondary N) is 1. The first kappa shape index (κ1) is 70.5. The van der Waals surface area contributed by atoms with Gasteiger partial charge in [0.25, 0.3) is 0 Å². The highest BCUT2D eigenvalue weighted by Crippen LogP contribution is 2.61. The Bertz CT molecular complexity index is 3100. The second kappa shape index (κ2) is 26.6. The highest BCUT2D eigenvalue weighted by atomic mass is 79.9. The number of halogens is 1. The van der Waals surface area contributed by atoms with E-state index >= 15 is 0 Å². The molecule has 6 heterocycles. The molecule has 8 atom stereocenters. The number of allylic oxidation sites excluding steroid dienone is 2. The van der Waals surface area contributed by atoms with E-state index in [9.17, 15) is 28.8 Å². The summed E-state index contributed by atoms with van der Waals surface area (Å²) in [5.41, 5.74) is 1.99. The van der Waals surface area contributed by atoms with Crippen molar-refractivity contribution in [1.29, 1.82) is 0 Å². The summed E-state index contributed by atoms with van der Waals surface area (Å²) >= 11 is 3.54. The van der Waals surface area contributed by atoms with Crippen LogP contribution in [0.25, 0.3) is 9.69 Å². The van der Waals surface area contributed by atoms with Crippen LogP contribution in [0.1, 0.15) is 184 Å². The molecular formula is C70H99BrN6O10P4. The van der Waals surface area contributed by atoms with Crippen molar-refractivity contribution in [2.75, 3.05) is 52.6 Å². The maximum Gasteiger partial charge on any atom is 0.239 e. The van der Waals surface area contributed by atoms with Gasteiger partial charge in [-0.25, -0.2) is 9.69 Å². The monoisotopic (exact) mass is 1390 g/mol. The van der Waals surface area contributed by atoms with Gasteiger partial charge in [0.15, 0.2) is 23.1 Å². The molecule has 2 spiro atoms. The van der Waals surface area contributed by atoms with Gasteiger partial charge in [0, 0.05) is 83.6 Å². The third-order valence-corrected chi connectivity index (χ3v) is 27.2. The second-order valence-corrected chi connectivity index (χ2v) is 34.9. The van der Waals surface area contributed by atoms with Crippen LogP contribution in [0.5, 0.6) is 0 Å². The Labute approximate surface area is 558 Å². The van der Waals surface area contributed by atoms with Crippen molar-refractivity contribution in [3.05, 3.63) is 93.0 Å². The molecule has 8 fully saturated rings. The van der Waals surface area contributed by atoms with Gasteiger partial charge in [-0.1, -0.05) is 159 Å². The van der Waals surface area contributed by atoms with Gasteiger partial charge in [-0.15, -0.1) is 37.0 Å². The molecular weight excluding hydrogens is 1290 g/mol. The molecule has 14 rings (SSSR count). The predicted octanol–water partition coefficient (Wildman–Crippen LogP) is 11.9. The Hall–Kier alpha value is -3.32. The van der Waals surface area contributed by atoms with Crippen molar-refractivity contribution in [1.82, 2.24) is 20.0 Å². The van der Waals surface area contributed by atoms with Crippen LogP contribution in [0.2, 0.25) is 0 Å². The van der Waals surface area contributed by atoms with E-state index in [0.717, 1.165) is 92.3 Å². The number of Topliss-reactive ketones (excluding diaryl/α,β-unsaturated/α-hetero) is 2. The minimum Gasteiger partial charge on any atom is -0.352 e. The zero-order valence-corrected chi connectivity index (χ0v) is 61.3. The Morgan fingerprint density at radius 3 is 1.15 bits per heavy atom. The molecule has 496 valence electrons. The Morgan fingerprint density at radius 1 is 0.473 bits per heavy atom. The fourth-order valence-electron chi connectivity index (χ4n) is 17.8. The number of ether oxygens (including phenoxy) is 4. The van der Waals surface area contributed by atoms with Crippen molar-refractivity contribution in [3.8, 4) is 0 Å². The van der Waals surface area contributed by atoms with E-state index in [-0.39, 0.29) is 51.5 Å². The van der Waals surface area contributed by atoms with Gasteiger partial charge in [-0.2, -0.15) is 0 Å². The lowest BCUT2D eigenvalue weighted by molar-refractivity contribution is -0.232. The molecule has 6 saturated carbocycles. The van der Waals surface area contributed by atoms with Gasteiger partial charge >= 0.3 is 0 Å². The summed E-state index contributed by atoms with van der Waals surface area (Å²) in [6, 6.07) is 1.04. The lowest BCUT2D eigenvalue weighted by Crippen LogP contribution is -2.63. The number of hydrogen-bond acceptors (Lipinski definition) is 10. The quantitative estimate of drug-likeness (QED) is 0.124. The number of nitrogens with zero attached hydrogens (tertiary/aromatic N) is 5. The summed E-state index contributed by atoms with van der Waals surface area (Å²) in [6.07, 6.45) is 34.1. The standard InChI is InChI=1S/C18H28NO3P.2C17H21N2O2P.C13H20NO3P.C5H9Br/c1-16(2)14-7-10-19(13-5-3-4-6-13)15(20)17(14,23)8-9-18(16)21-11-12-22-18;2*1-16(2)13-8-9-19(11-6-4-5-7-11)15(21)17(13,22)10-12(18-3)14(16)20;1-11(2)9-3-6-14-10(15)12(9,18)4-5-13(11)16-7-8-17-13;6-5-3-1-2-4-5/h7,13H,3-6,8-12,23H2,1-2H3;2*8,10-11H,4-7,9,22H2,1-2H3;3H,4-8,18H2,1-2H3,(H,14,15);5H,1-4H2/t;2*17-;;/m.10../s1. The third kappa shape index (κ3) is 12.2. The fourth-order valence-corrected chi connectivity index (χ4v) is 21.6. The molecule has 0 radical (unpaired) electrons. The van der Waals surface area contributed by atoms with Gasteiger partial charge in [0.2, 0.25) is 35.0 Å². The Balaban J connectivity index is 0.000000129. The van der Waals surface area contributed by atoms with Crippen molar-refractivity contribution in [2.45, 2.75) is 239 Å². The molecule has 14 aliphatic rings. The minimum atomic E-state index is -0.932. The fraction of sp³-hybridized carbons (Fsp3) is 0.714. The normalized spacial score (nSPS) is 33.4. The minimum absolute atomic E-state index is 0.0172. The number of alkyl halides is 1. The van der Waals surface area contributed by atoms with E-state index in [0.29, 0.717) is 70.1 Å². The average Bonchev–Trinajstić information content (AvgIpc) is 1.70. The van der Waals surface area contributed by atoms with Crippen molar-refractivity contribution in [2.24, 2.45) is 21.7 Å². The van der Waals surface area contributed by atoms with Crippen LogP contribution in [0.15, 0.2) is 70.1 Å². The lowest BCUT2D eigenvalue weighted by Gasteiger charge is -2.56. The smallest absolute Gasteiger partial charge is 0.239 e. The highest BCUT2D eigenvalue weighted by molar-refractivity contribution is 9.09. The van der Waals surface area contributed by atoms with Gasteiger partial charge in [0.05, 0.1) is 60.2 Å². The van der Waals surface area contributed by atoms with E-state index in [1.807, 2.05) is 49.6 Å². The number of amides is 4. The van der Waals surface area contributed by atoms with Crippen molar-refractivity contribution >= 4 is 88.1 Å². The van der Waals surface area contributed by atoms with E-state index in [1.54, 1.807) is 12.2 Å². The van der Waals surface area contributed by atoms with Crippen LogP contribution >= 0.6 is 52.9 Å². The van der Waals surface area contributed by atoms with Gasteiger partial charge in [0.1, 0.15) is 0 Å². The summed E-state index contributed by atoms with van der Waals surface area (Å²) in [6.45, 7) is 35.5. The maximum atomic E-state index is 13.3. The zero-order chi connectivity index (χ0) is 66.0. The number of carbonyl (C=O) groups is 6. The van der Waals surface area contributed by atoms with Gasteiger partial charge < -0.3 is 48.6 Å². The largest absolute Gasteiger partial charge is 0.352 e. The highest BCUT2D eigenvalue weighted by Gasteiger charge is 2.65. The molecule has 4 amide bonds. The maximum absolute atomic E-state index is 13.3. The molecule has 0 aromatic heterocycles. The van der Waals surface area contributed by atoms with Crippen LogP contribution < -0.4 is 5.32 Å². The summed E-state index contributed by atoms with van der Waals surface area (Å²) in [7, 11) is 10.9. The molecule has 0 aromatic carbocycles. The van der Waals surface area contributed by atoms with Crippen molar-refractivity contribution < 1.29 is 47.7 Å². The number of rotatable bonds is 3. The Kier molecular flexibility index (Phi) is 20.6. The number of ketones is 2. The number of fused-ring (bicyclic) bond motifs is 4. The van der Waals surface area contributed by atoms with Crippen LogP contribution in [0.4, 0.5) is 0 Å². The summed E-state index contributed by atoms with van der Waals surface area (Å²) in [4.78, 5) is 90.3. The SMILES string of the molecule is BrC1CCCC1.CC1(C)C2=CCN(C3CCCC3)C(=O)C2(P)CCC12OCCO2.CC1(C)C2=CCNC(=O)C2(P)CCC12OCCO2.[C-]#[N+]C1=C[C@@]2(P)C(=O)N(C3CCCC3)CC=C2C(C)(C)C1=O.[C-]#[N+]C1=C[C@]2(P)C(=O)N(C3CCCC3)CC=C2C(C)(C)C1=O. The molecule has 6 aliphatic heterocycles. The average molecular weight is 1390 g/mol. The zero-order valence-electron chi connectivity index (χ0n) is 55.1. The third-order valence-electron chi connectivity index (χ3n) is 23.1. The molecule has 2 saturated heterocycles. The lowest BCUT2D eigenvalue weighted by atomic mass is 9.62. The van der Waals surface area contributed by atoms with E-state index in [4.69, 9.17) is 32.1 Å². The molecule has 0 aromatic rings. The first-order chi connectivity index (χ1) is 42.9. The molecule has 1 N–H and O–H groups in total. The molecule has 91 heavy (non-hydrogen) atoms. The second-order valence-electron chi connectivity index (χ2n) is 29.8. The summed E-state index contributed by atoms with van der Waals surface area (Å²) in [5, 5.41) is 0.105. The number of hydrogen-bond donors (Lipinski definition) is 1. The van der Waals surface area contributed by atoms with Crippen molar-refractivity contribution in [3.63, 3.8) is 0 Å². The molecule has 8 aliphatic carbocycles. The topological polar surface area (TPSA) is 170 Å². The van der Waals surface area contributed by atoms with Crippen LogP contribution in [0.3, 0.4) is 0 Å².